The van der Waals surface area contributed by atoms with Crippen molar-refractivity contribution in [2.24, 2.45) is 0 Å². The molecule has 21 heavy (non-hydrogen) atoms. The van der Waals surface area contributed by atoms with E-state index in [0.717, 1.165) is 17.8 Å². The molecule has 2 aromatic rings. The van der Waals surface area contributed by atoms with E-state index in [4.69, 9.17) is 4.98 Å². The van der Waals surface area contributed by atoms with Crippen LogP contribution in [0.4, 0.5) is 0 Å². The smallest absolute Gasteiger partial charge is 0.107 e. The summed E-state index contributed by atoms with van der Waals surface area (Å²) in [6.07, 6.45) is 12.8. The third-order valence-corrected chi connectivity index (χ3v) is 4.18. The van der Waals surface area contributed by atoms with Gasteiger partial charge in [-0.15, -0.1) is 0 Å². The number of H-pyrrole nitrogens is 1. The number of nitrogens with zero attached hydrogens (tertiary/aromatic N) is 1. The second kappa shape index (κ2) is 8.86. The Bertz CT molecular complexity index is 527. The Morgan fingerprint density at radius 2 is 1.57 bits per heavy atom. The van der Waals surface area contributed by atoms with Crippen LogP contribution in [0.15, 0.2) is 18.2 Å². The van der Waals surface area contributed by atoms with E-state index in [-0.39, 0.29) is 0 Å². The Morgan fingerprint density at radius 1 is 0.857 bits per heavy atom. The lowest BCUT2D eigenvalue weighted by Gasteiger charge is -2.01. The maximum Gasteiger partial charge on any atom is 0.107 e. The van der Waals surface area contributed by atoms with Gasteiger partial charge in [0, 0.05) is 6.42 Å². The van der Waals surface area contributed by atoms with E-state index in [2.05, 4.69) is 37.0 Å². The molecule has 0 spiro atoms. The normalized spacial score (nSPS) is 11.3. The third kappa shape index (κ3) is 5.18. The van der Waals surface area contributed by atoms with Crippen LogP contribution >= 0.6 is 0 Å². The summed E-state index contributed by atoms with van der Waals surface area (Å²) < 4.78 is 0. The summed E-state index contributed by atoms with van der Waals surface area (Å²) in [5.41, 5.74) is 3.78. The minimum atomic E-state index is 1.08. The lowest BCUT2D eigenvalue weighted by Crippen LogP contribution is -1.87. The molecule has 0 aliphatic carbocycles. The molecule has 0 aliphatic rings. The molecule has 1 N–H and O–H groups in total. The van der Waals surface area contributed by atoms with Crippen molar-refractivity contribution in [3.8, 4) is 0 Å². The molecule has 2 heteroatoms. The standard InChI is InChI=1S/C19H30N2/c1-3-5-7-8-10-11-16-13-14-17-18(15-16)21-19(20-17)12-9-6-4-2/h13-15H,3-12H2,1-2H3,(H,20,21). The largest absolute Gasteiger partial charge is 0.342 e. The second-order valence-corrected chi connectivity index (χ2v) is 6.16. The predicted molar refractivity (Wildman–Crippen MR) is 91.8 cm³/mol. The zero-order valence-corrected chi connectivity index (χ0v) is 13.8. The zero-order valence-electron chi connectivity index (χ0n) is 13.8. The van der Waals surface area contributed by atoms with Crippen molar-refractivity contribution in [3.63, 3.8) is 0 Å². The van der Waals surface area contributed by atoms with Gasteiger partial charge in [-0.2, -0.15) is 0 Å². The summed E-state index contributed by atoms with van der Waals surface area (Å²) in [7, 11) is 0. The van der Waals surface area contributed by atoms with Crippen LogP contribution in [0.3, 0.4) is 0 Å². The first-order chi connectivity index (χ1) is 10.3. The Morgan fingerprint density at radius 3 is 2.38 bits per heavy atom. The molecule has 1 heterocycles. The van der Waals surface area contributed by atoms with Crippen LogP contribution in [0.1, 0.15) is 76.6 Å². The van der Waals surface area contributed by atoms with E-state index in [1.54, 1.807) is 0 Å². The monoisotopic (exact) mass is 286 g/mol. The molecule has 2 nitrogen and oxygen atoms in total. The van der Waals surface area contributed by atoms with Gasteiger partial charge in [-0.25, -0.2) is 4.98 Å². The van der Waals surface area contributed by atoms with Crippen molar-refractivity contribution in [1.29, 1.82) is 0 Å². The minimum Gasteiger partial charge on any atom is -0.342 e. The molecule has 0 saturated carbocycles. The van der Waals surface area contributed by atoms with E-state index < -0.39 is 0 Å². The van der Waals surface area contributed by atoms with Gasteiger partial charge in [0.25, 0.3) is 0 Å². The molecule has 1 aromatic heterocycles. The van der Waals surface area contributed by atoms with Crippen molar-refractivity contribution < 1.29 is 0 Å². The molecule has 0 amide bonds. The number of aryl methyl sites for hydroxylation is 2. The van der Waals surface area contributed by atoms with Crippen LogP contribution < -0.4 is 0 Å². The minimum absolute atomic E-state index is 1.08. The van der Waals surface area contributed by atoms with Gasteiger partial charge in [0.2, 0.25) is 0 Å². The van der Waals surface area contributed by atoms with Gasteiger partial charge in [-0.1, -0.05) is 58.4 Å². The highest BCUT2D eigenvalue weighted by atomic mass is 14.9. The highest BCUT2D eigenvalue weighted by Gasteiger charge is 2.04. The fourth-order valence-electron chi connectivity index (χ4n) is 2.86. The molecule has 1 aromatic carbocycles. The van der Waals surface area contributed by atoms with Crippen LogP contribution in [-0.2, 0) is 12.8 Å². The second-order valence-electron chi connectivity index (χ2n) is 6.16. The van der Waals surface area contributed by atoms with E-state index in [9.17, 15) is 0 Å². The van der Waals surface area contributed by atoms with Gasteiger partial charge in [0.05, 0.1) is 11.0 Å². The van der Waals surface area contributed by atoms with Crippen LogP contribution in [-0.4, -0.2) is 9.97 Å². The summed E-state index contributed by atoms with van der Waals surface area (Å²) in [4.78, 5) is 8.19. The number of aromatic amines is 1. The Kier molecular flexibility index (Phi) is 6.78. The molecule has 0 saturated heterocycles. The molecule has 0 fully saturated rings. The van der Waals surface area contributed by atoms with Crippen molar-refractivity contribution in [1.82, 2.24) is 9.97 Å². The highest BCUT2D eigenvalue weighted by Crippen LogP contribution is 2.17. The first-order valence-electron chi connectivity index (χ1n) is 8.81. The van der Waals surface area contributed by atoms with Crippen LogP contribution in [0, 0.1) is 0 Å². The molecular weight excluding hydrogens is 256 g/mol. The average molecular weight is 286 g/mol. The SMILES string of the molecule is CCCCCCCc1ccc2nc(CCCCC)[nH]c2c1. The van der Waals surface area contributed by atoms with Crippen LogP contribution in [0.2, 0.25) is 0 Å². The molecular formula is C19H30N2. The van der Waals surface area contributed by atoms with E-state index in [0.29, 0.717) is 0 Å². The van der Waals surface area contributed by atoms with E-state index in [1.807, 2.05) is 0 Å². The van der Waals surface area contributed by atoms with Crippen molar-refractivity contribution in [2.45, 2.75) is 78.1 Å². The topological polar surface area (TPSA) is 28.7 Å². The summed E-state index contributed by atoms with van der Waals surface area (Å²) in [5, 5.41) is 0. The fraction of sp³-hybridized carbons (Fsp3) is 0.632. The summed E-state index contributed by atoms with van der Waals surface area (Å²) in [5.74, 6) is 1.15. The highest BCUT2D eigenvalue weighted by molar-refractivity contribution is 5.75. The fourth-order valence-corrected chi connectivity index (χ4v) is 2.86. The Labute approximate surface area is 129 Å². The maximum atomic E-state index is 4.69. The van der Waals surface area contributed by atoms with Gasteiger partial charge >= 0.3 is 0 Å². The molecule has 0 radical (unpaired) electrons. The molecule has 0 bridgehead atoms. The number of benzene rings is 1. The lowest BCUT2D eigenvalue weighted by atomic mass is 10.1. The van der Waals surface area contributed by atoms with Crippen LogP contribution in [0.5, 0.6) is 0 Å². The quantitative estimate of drug-likeness (QED) is 0.549. The average Bonchev–Trinajstić information content (AvgIpc) is 2.89. The van der Waals surface area contributed by atoms with Crippen molar-refractivity contribution >= 4 is 11.0 Å². The van der Waals surface area contributed by atoms with Gasteiger partial charge in [-0.3, -0.25) is 0 Å². The first kappa shape index (κ1) is 16.1. The molecule has 0 unspecified atom stereocenters. The van der Waals surface area contributed by atoms with Crippen molar-refractivity contribution in [2.75, 3.05) is 0 Å². The number of unbranched alkanes of at least 4 members (excludes halogenated alkanes) is 6. The molecule has 0 atom stereocenters. The first-order valence-corrected chi connectivity index (χ1v) is 8.81. The number of aromatic nitrogens is 2. The predicted octanol–water partition coefficient (Wildman–Crippen LogP) is 5.81. The number of hydrogen-bond donors (Lipinski definition) is 1. The van der Waals surface area contributed by atoms with Gasteiger partial charge in [-0.05, 0) is 37.0 Å². The number of imidazole rings is 1. The Hall–Kier alpha value is -1.31. The number of nitrogens with one attached hydrogen (secondary N) is 1. The van der Waals surface area contributed by atoms with E-state index >= 15 is 0 Å². The number of fused-ring (bicyclic) bond motifs is 1. The van der Waals surface area contributed by atoms with Crippen LogP contribution in [0.25, 0.3) is 11.0 Å². The number of hydrogen-bond acceptors (Lipinski definition) is 1. The van der Waals surface area contributed by atoms with Gasteiger partial charge in [0.1, 0.15) is 5.82 Å². The maximum absolute atomic E-state index is 4.69. The number of rotatable bonds is 10. The molecule has 0 aliphatic heterocycles. The summed E-state index contributed by atoms with van der Waals surface area (Å²) in [6.45, 7) is 4.51. The van der Waals surface area contributed by atoms with E-state index in [1.165, 1.54) is 68.9 Å². The third-order valence-electron chi connectivity index (χ3n) is 4.18. The zero-order chi connectivity index (χ0) is 14.9. The van der Waals surface area contributed by atoms with Gasteiger partial charge in [0.15, 0.2) is 0 Å². The lowest BCUT2D eigenvalue weighted by molar-refractivity contribution is 0.632. The van der Waals surface area contributed by atoms with Gasteiger partial charge < -0.3 is 4.98 Å². The van der Waals surface area contributed by atoms with Crippen molar-refractivity contribution in [3.05, 3.63) is 29.6 Å². The summed E-state index contributed by atoms with van der Waals surface area (Å²) >= 11 is 0. The Balaban J connectivity index is 1.88. The molecule has 116 valence electrons. The molecule has 2 rings (SSSR count). The summed E-state index contributed by atoms with van der Waals surface area (Å²) in [6, 6.07) is 6.72.